The van der Waals surface area contributed by atoms with Crippen LogP contribution in [0.5, 0.6) is 5.75 Å². The number of nitrogens with zero attached hydrogens (tertiary/aromatic N) is 2. The van der Waals surface area contributed by atoms with E-state index in [-0.39, 0.29) is 18.6 Å². The minimum absolute atomic E-state index is 0.0359. The lowest BCUT2D eigenvalue weighted by Crippen LogP contribution is -2.46. The van der Waals surface area contributed by atoms with E-state index in [0.29, 0.717) is 17.2 Å². The SMILES string of the molecule is CC1CCN(C(=O)COc2ccc(C#N)cc2)C(C)C1. The molecule has 2 rings (SSSR count). The van der Waals surface area contributed by atoms with E-state index in [1.807, 2.05) is 11.0 Å². The van der Waals surface area contributed by atoms with Crippen LogP contribution < -0.4 is 4.74 Å². The third-order valence-electron chi connectivity index (χ3n) is 3.80. The van der Waals surface area contributed by atoms with Crippen molar-refractivity contribution >= 4 is 5.91 Å². The number of piperidine rings is 1. The summed E-state index contributed by atoms with van der Waals surface area (Å²) in [4.78, 5) is 14.1. The molecule has 1 aromatic rings. The van der Waals surface area contributed by atoms with Gasteiger partial charge in [0, 0.05) is 12.6 Å². The number of carbonyl (C=O) groups excluding carboxylic acids is 1. The molecule has 0 saturated carbocycles. The van der Waals surface area contributed by atoms with Gasteiger partial charge in [0.2, 0.25) is 0 Å². The van der Waals surface area contributed by atoms with Gasteiger partial charge in [-0.1, -0.05) is 6.92 Å². The number of amides is 1. The Hall–Kier alpha value is -2.02. The number of hydrogen-bond acceptors (Lipinski definition) is 3. The maximum atomic E-state index is 12.2. The molecule has 1 aliphatic heterocycles. The Labute approximate surface area is 120 Å². The fourth-order valence-electron chi connectivity index (χ4n) is 2.63. The van der Waals surface area contributed by atoms with Crippen LogP contribution >= 0.6 is 0 Å². The highest BCUT2D eigenvalue weighted by Crippen LogP contribution is 2.22. The zero-order valence-corrected chi connectivity index (χ0v) is 12.0. The molecule has 4 nitrogen and oxygen atoms in total. The monoisotopic (exact) mass is 272 g/mol. The number of likely N-dealkylation sites (tertiary alicyclic amines) is 1. The Morgan fingerprint density at radius 3 is 2.70 bits per heavy atom. The molecule has 1 aliphatic rings. The summed E-state index contributed by atoms with van der Waals surface area (Å²) in [5.41, 5.74) is 0.585. The molecule has 1 fully saturated rings. The zero-order chi connectivity index (χ0) is 14.5. The van der Waals surface area contributed by atoms with Crippen molar-refractivity contribution in [1.29, 1.82) is 5.26 Å². The predicted octanol–water partition coefficient (Wildman–Crippen LogP) is 2.58. The first-order valence-electron chi connectivity index (χ1n) is 7.02. The molecule has 1 aromatic carbocycles. The van der Waals surface area contributed by atoms with Crippen LogP contribution in [0.4, 0.5) is 0 Å². The van der Waals surface area contributed by atoms with Crippen LogP contribution in [0.2, 0.25) is 0 Å². The smallest absolute Gasteiger partial charge is 0.260 e. The summed E-state index contributed by atoms with van der Waals surface area (Å²) in [6, 6.07) is 9.14. The number of rotatable bonds is 3. The minimum atomic E-state index is 0.0359. The lowest BCUT2D eigenvalue weighted by atomic mass is 9.93. The van der Waals surface area contributed by atoms with Crippen molar-refractivity contribution in [1.82, 2.24) is 4.90 Å². The van der Waals surface area contributed by atoms with Gasteiger partial charge in [-0.05, 0) is 49.9 Å². The highest BCUT2D eigenvalue weighted by molar-refractivity contribution is 5.78. The minimum Gasteiger partial charge on any atom is -0.484 e. The number of benzene rings is 1. The largest absolute Gasteiger partial charge is 0.484 e. The van der Waals surface area contributed by atoms with Gasteiger partial charge in [-0.3, -0.25) is 4.79 Å². The lowest BCUT2D eigenvalue weighted by molar-refractivity contribution is -0.137. The van der Waals surface area contributed by atoms with Crippen molar-refractivity contribution in [2.75, 3.05) is 13.2 Å². The van der Waals surface area contributed by atoms with Gasteiger partial charge in [0.1, 0.15) is 5.75 Å². The molecule has 0 aromatic heterocycles. The predicted molar refractivity (Wildman–Crippen MR) is 76.2 cm³/mol. The molecular formula is C16H20N2O2. The van der Waals surface area contributed by atoms with Gasteiger partial charge in [-0.25, -0.2) is 0 Å². The van der Waals surface area contributed by atoms with Crippen LogP contribution in [-0.2, 0) is 4.79 Å². The molecule has 2 atom stereocenters. The summed E-state index contributed by atoms with van der Waals surface area (Å²) in [6.45, 7) is 5.20. The van der Waals surface area contributed by atoms with Crippen molar-refractivity contribution in [3.05, 3.63) is 29.8 Å². The number of hydrogen-bond donors (Lipinski definition) is 0. The summed E-state index contributed by atoms with van der Waals surface area (Å²) in [7, 11) is 0. The summed E-state index contributed by atoms with van der Waals surface area (Å²) in [5, 5.41) is 8.72. The second-order valence-electron chi connectivity index (χ2n) is 5.49. The van der Waals surface area contributed by atoms with Gasteiger partial charge < -0.3 is 9.64 Å². The van der Waals surface area contributed by atoms with Crippen molar-refractivity contribution in [3.63, 3.8) is 0 Å². The average molecular weight is 272 g/mol. The first-order valence-corrected chi connectivity index (χ1v) is 7.02. The van der Waals surface area contributed by atoms with Gasteiger partial charge in [0.05, 0.1) is 11.6 Å². The zero-order valence-electron chi connectivity index (χ0n) is 12.0. The first kappa shape index (κ1) is 14.4. The molecule has 2 unspecified atom stereocenters. The summed E-state index contributed by atoms with van der Waals surface area (Å²) in [5.74, 6) is 1.35. The summed E-state index contributed by atoms with van der Waals surface area (Å²) < 4.78 is 5.50. The van der Waals surface area contributed by atoms with E-state index in [9.17, 15) is 4.79 Å². The third-order valence-corrected chi connectivity index (χ3v) is 3.80. The maximum absolute atomic E-state index is 12.2. The maximum Gasteiger partial charge on any atom is 0.260 e. The normalized spacial score (nSPS) is 22.1. The van der Waals surface area contributed by atoms with Crippen LogP contribution in [0.15, 0.2) is 24.3 Å². The molecule has 1 saturated heterocycles. The Morgan fingerprint density at radius 2 is 2.10 bits per heavy atom. The topological polar surface area (TPSA) is 53.3 Å². The molecule has 106 valence electrons. The van der Waals surface area contributed by atoms with Crippen LogP contribution in [0.25, 0.3) is 0 Å². The Morgan fingerprint density at radius 1 is 1.40 bits per heavy atom. The quantitative estimate of drug-likeness (QED) is 0.849. The molecule has 4 heteroatoms. The Kier molecular flexibility index (Phi) is 4.62. The van der Waals surface area contributed by atoms with Crippen molar-refractivity contribution in [3.8, 4) is 11.8 Å². The molecule has 1 amide bonds. The van der Waals surface area contributed by atoms with Crippen LogP contribution in [0.1, 0.15) is 32.3 Å². The Balaban J connectivity index is 1.87. The van der Waals surface area contributed by atoms with E-state index in [0.717, 1.165) is 19.4 Å². The van der Waals surface area contributed by atoms with Gasteiger partial charge >= 0.3 is 0 Å². The molecule has 1 heterocycles. The second kappa shape index (κ2) is 6.42. The molecule has 0 N–H and O–H groups in total. The van der Waals surface area contributed by atoms with Gasteiger partial charge in [-0.15, -0.1) is 0 Å². The van der Waals surface area contributed by atoms with Gasteiger partial charge in [0.25, 0.3) is 5.91 Å². The van der Waals surface area contributed by atoms with E-state index in [4.69, 9.17) is 10.00 Å². The van der Waals surface area contributed by atoms with Crippen molar-refractivity contribution in [2.45, 2.75) is 32.7 Å². The van der Waals surface area contributed by atoms with Crippen LogP contribution in [-0.4, -0.2) is 30.0 Å². The van der Waals surface area contributed by atoms with E-state index < -0.39 is 0 Å². The number of ether oxygens (including phenoxy) is 1. The molecule has 0 bridgehead atoms. The Bertz CT molecular complexity index is 504. The van der Waals surface area contributed by atoms with E-state index >= 15 is 0 Å². The first-order chi connectivity index (χ1) is 9.60. The fraction of sp³-hybridized carbons (Fsp3) is 0.500. The van der Waals surface area contributed by atoms with Crippen molar-refractivity contribution in [2.24, 2.45) is 5.92 Å². The number of nitriles is 1. The molecule has 0 aliphatic carbocycles. The standard InChI is InChI=1S/C16H20N2O2/c1-12-7-8-18(13(2)9-12)16(19)11-20-15-5-3-14(10-17)4-6-15/h3-6,12-13H,7-9,11H2,1-2H3. The average Bonchev–Trinajstić information content (AvgIpc) is 2.45. The summed E-state index contributed by atoms with van der Waals surface area (Å²) >= 11 is 0. The van der Waals surface area contributed by atoms with Crippen LogP contribution in [0, 0.1) is 17.2 Å². The third kappa shape index (κ3) is 3.51. The van der Waals surface area contributed by atoms with E-state index in [1.165, 1.54) is 0 Å². The highest BCUT2D eigenvalue weighted by Gasteiger charge is 2.26. The fourth-order valence-corrected chi connectivity index (χ4v) is 2.63. The summed E-state index contributed by atoms with van der Waals surface area (Å²) in [6.07, 6.45) is 2.12. The lowest BCUT2D eigenvalue weighted by Gasteiger charge is -2.36. The van der Waals surface area contributed by atoms with E-state index in [1.54, 1.807) is 24.3 Å². The molecule has 0 radical (unpaired) electrons. The van der Waals surface area contributed by atoms with Crippen LogP contribution in [0.3, 0.4) is 0 Å². The highest BCUT2D eigenvalue weighted by atomic mass is 16.5. The number of carbonyl (C=O) groups is 1. The van der Waals surface area contributed by atoms with Gasteiger partial charge in [-0.2, -0.15) is 5.26 Å². The van der Waals surface area contributed by atoms with E-state index in [2.05, 4.69) is 13.8 Å². The molecule has 20 heavy (non-hydrogen) atoms. The molecule has 0 spiro atoms. The second-order valence-corrected chi connectivity index (χ2v) is 5.49. The van der Waals surface area contributed by atoms with Gasteiger partial charge in [0.15, 0.2) is 6.61 Å². The van der Waals surface area contributed by atoms with Crippen molar-refractivity contribution < 1.29 is 9.53 Å². The molecular weight excluding hydrogens is 252 g/mol.